The third kappa shape index (κ3) is 6.25. The fourth-order valence-corrected chi connectivity index (χ4v) is 0.851. The molecule has 6 nitrogen and oxygen atoms in total. The fraction of sp³-hybridized carbons (Fsp3) is 0.444. The van der Waals surface area contributed by atoms with E-state index in [1.807, 2.05) is 0 Å². The van der Waals surface area contributed by atoms with Crippen LogP contribution < -0.4 is 5.32 Å². The van der Waals surface area contributed by atoms with Gasteiger partial charge in [0.1, 0.15) is 0 Å². The van der Waals surface area contributed by atoms with E-state index in [0.717, 1.165) is 0 Å². The van der Waals surface area contributed by atoms with Crippen molar-refractivity contribution in [1.29, 1.82) is 0 Å². The number of nitrogens with one attached hydrogen (secondary N) is 1. The Hall–Kier alpha value is -1.85. The molecule has 0 radical (unpaired) electrons. The second-order valence-corrected chi connectivity index (χ2v) is 2.77. The maximum Gasteiger partial charge on any atom is 0.331 e. The summed E-state index contributed by atoms with van der Waals surface area (Å²) < 4.78 is 0. The van der Waals surface area contributed by atoms with Gasteiger partial charge < -0.3 is 15.5 Å². The van der Waals surface area contributed by atoms with E-state index >= 15 is 0 Å². The summed E-state index contributed by atoms with van der Waals surface area (Å²) in [6.45, 7) is 1.79. The van der Waals surface area contributed by atoms with Crippen LogP contribution in [0.3, 0.4) is 0 Å². The van der Waals surface area contributed by atoms with Crippen LogP contribution in [-0.2, 0) is 14.4 Å². The van der Waals surface area contributed by atoms with E-state index in [1.165, 1.54) is 0 Å². The molecule has 0 heterocycles. The van der Waals surface area contributed by atoms with Crippen molar-refractivity contribution in [2.24, 2.45) is 0 Å². The lowest BCUT2D eigenvalue weighted by Crippen LogP contribution is -2.24. The van der Waals surface area contributed by atoms with Gasteiger partial charge in [0.05, 0.1) is 0 Å². The number of hydrogen-bond acceptors (Lipinski definition) is 3. The van der Waals surface area contributed by atoms with Gasteiger partial charge in [-0.15, -0.1) is 0 Å². The lowest BCUT2D eigenvalue weighted by Gasteiger charge is -2.03. The van der Waals surface area contributed by atoms with Crippen molar-refractivity contribution in [2.75, 3.05) is 6.54 Å². The number of carboxylic acids is 2. The minimum atomic E-state index is -1.31. The Morgan fingerprint density at radius 2 is 1.87 bits per heavy atom. The molecule has 0 rings (SSSR count). The number of carboxylic acid groups (broad SMARTS) is 2. The SMILES string of the molecule is CCC(=O)NCCC(=CC(=O)O)C(=O)O. The Morgan fingerprint density at radius 1 is 1.27 bits per heavy atom. The molecule has 0 aromatic rings. The van der Waals surface area contributed by atoms with Crippen LogP contribution in [0.15, 0.2) is 11.6 Å². The lowest BCUT2D eigenvalue weighted by atomic mass is 10.2. The summed E-state index contributed by atoms with van der Waals surface area (Å²) in [6, 6.07) is 0. The van der Waals surface area contributed by atoms with E-state index < -0.39 is 11.9 Å². The van der Waals surface area contributed by atoms with E-state index in [-0.39, 0.29) is 24.4 Å². The highest BCUT2D eigenvalue weighted by atomic mass is 16.4. The van der Waals surface area contributed by atoms with Crippen LogP contribution in [0.2, 0.25) is 0 Å². The summed E-state index contributed by atoms with van der Waals surface area (Å²) in [5.41, 5.74) is -0.237. The molecule has 0 atom stereocenters. The predicted molar refractivity (Wildman–Crippen MR) is 51.3 cm³/mol. The van der Waals surface area contributed by atoms with Crippen molar-refractivity contribution in [3.63, 3.8) is 0 Å². The highest BCUT2D eigenvalue weighted by molar-refractivity contribution is 5.94. The molecule has 3 N–H and O–H groups in total. The molecule has 6 heteroatoms. The van der Waals surface area contributed by atoms with Crippen LogP contribution in [0.1, 0.15) is 19.8 Å². The quantitative estimate of drug-likeness (QED) is 0.541. The molecule has 0 unspecified atom stereocenters. The van der Waals surface area contributed by atoms with Crippen LogP contribution in [0.25, 0.3) is 0 Å². The molecular formula is C9H13NO5. The zero-order chi connectivity index (χ0) is 11.8. The standard InChI is InChI=1S/C9H13NO5/c1-2-7(11)10-4-3-6(9(14)15)5-8(12)13/h5H,2-4H2,1H3,(H,10,11)(H,12,13)(H,14,15). The second kappa shape index (κ2) is 6.58. The highest BCUT2D eigenvalue weighted by Crippen LogP contribution is 2.00. The third-order valence-electron chi connectivity index (χ3n) is 1.61. The Morgan fingerprint density at radius 3 is 2.27 bits per heavy atom. The maximum absolute atomic E-state index is 10.8. The van der Waals surface area contributed by atoms with Crippen molar-refractivity contribution >= 4 is 17.8 Å². The first-order valence-electron chi connectivity index (χ1n) is 4.40. The van der Waals surface area contributed by atoms with E-state index in [1.54, 1.807) is 6.92 Å². The van der Waals surface area contributed by atoms with Gasteiger partial charge in [0.2, 0.25) is 5.91 Å². The van der Waals surface area contributed by atoms with Gasteiger partial charge in [-0.1, -0.05) is 6.92 Å². The summed E-state index contributed by atoms with van der Waals surface area (Å²) in [6.07, 6.45) is 0.929. The number of carbonyl (C=O) groups is 3. The second-order valence-electron chi connectivity index (χ2n) is 2.77. The number of aliphatic carboxylic acids is 2. The molecule has 0 aliphatic rings. The third-order valence-corrected chi connectivity index (χ3v) is 1.61. The summed E-state index contributed by atoms with van der Waals surface area (Å²) in [4.78, 5) is 31.6. The Kier molecular flexibility index (Phi) is 5.77. The van der Waals surface area contributed by atoms with Crippen LogP contribution in [0, 0.1) is 0 Å². The van der Waals surface area contributed by atoms with Gasteiger partial charge in [-0.2, -0.15) is 0 Å². The van der Waals surface area contributed by atoms with Gasteiger partial charge in [0.15, 0.2) is 0 Å². The summed E-state index contributed by atoms with van der Waals surface area (Å²) in [7, 11) is 0. The smallest absolute Gasteiger partial charge is 0.331 e. The minimum absolute atomic E-state index is 0.00657. The van der Waals surface area contributed by atoms with Gasteiger partial charge in [0.25, 0.3) is 0 Å². The molecule has 84 valence electrons. The topological polar surface area (TPSA) is 104 Å². The van der Waals surface area contributed by atoms with E-state index in [9.17, 15) is 14.4 Å². The molecule has 15 heavy (non-hydrogen) atoms. The maximum atomic E-state index is 10.8. The highest BCUT2D eigenvalue weighted by Gasteiger charge is 2.09. The Bertz CT molecular complexity index is 295. The van der Waals surface area contributed by atoms with Crippen LogP contribution >= 0.6 is 0 Å². The van der Waals surface area contributed by atoms with Crippen molar-refractivity contribution in [3.05, 3.63) is 11.6 Å². The molecular weight excluding hydrogens is 202 g/mol. The molecule has 0 saturated carbocycles. The van der Waals surface area contributed by atoms with E-state index in [0.29, 0.717) is 12.5 Å². The van der Waals surface area contributed by atoms with Gasteiger partial charge in [-0.25, -0.2) is 9.59 Å². The predicted octanol–water partition coefficient (Wildman–Crippen LogP) is -0.00170. The normalized spacial score (nSPS) is 10.9. The molecule has 0 bridgehead atoms. The first-order valence-corrected chi connectivity index (χ1v) is 4.40. The van der Waals surface area contributed by atoms with Gasteiger partial charge >= 0.3 is 11.9 Å². The average Bonchev–Trinajstić information content (AvgIpc) is 2.15. The Labute approximate surface area is 86.6 Å². The van der Waals surface area contributed by atoms with Crippen molar-refractivity contribution < 1.29 is 24.6 Å². The first-order chi connectivity index (χ1) is 6.97. The van der Waals surface area contributed by atoms with Crippen molar-refractivity contribution in [1.82, 2.24) is 5.32 Å². The summed E-state index contributed by atoms with van der Waals surface area (Å²) >= 11 is 0. The molecule has 1 amide bonds. The zero-order valence-corrected chi connectivity index (χ0v) is 8.32. The number of rotatable bonds is 6. The van der Waals surface area contributed by atoms with Gasteiger partial charge in [-0.3, -0.25) is 4.79 Å². The van der Waals surface area contributed by atoms with E-state index in [4.69, 9.17) is 10.2 Å². The largest absolute Gasteiger partial charge is 0.478 e. The molecule has 0 aromatic heterocycles. The molecule has 0 fully saturated rings. The molecule has 0 saturated heterocycles. The first kappa shape index (κ1) is 13.2. The van der Waals surface area contributed by atoms with Crippen molar-refractivity contribution in [3.8, 4) is 0 Å². The van der Waals surface area contributed by atoms with Gasteiger partial charge in [-0.05, 0) is 6.42 Å². The minimum Gasteiger partial charge on any atom is -0.478 e. The van der Waals surface area contributed by atoms with Crippen LogP contribution in [0.5, 0.6) is 0 Å². The zero-order valence-electron chi connectivity index (χ0n) is 8.32. The van der Waals surface area contributed by atoms with E-state index in [2.05, 4.69) is 5.32 Å². The Balaban J connectivity index is 4.15. The fourth-order valence-electron chi connectivity index (χ4n) is 0.851. The number of carbonyl (C=O) groups excluding carboxylic acids is 1. The van der Waals surface area contributed by atoms with Crippen LogP contribution in [-0.4, -0.2) is 34.6 Å². The number of amides is 1. The summed E-state index contributed by atoms with van der Waals surface area (Å²) in [5, 5.41) is 19.4. The molecule has 0 aromatic carbocycles. The van der Waals surface area contributed by atoms with Crippen LogP contribution in [0.4, 0.5) is 0 Å². The molecule has 0 spiro atoms. The average molecular weight is 215 g/mol. The van der Waals surface area contributed by atoms with Gasteiger partial charge in [0, 0.05) is 24.6 Å². The molecule has 0 aliphatic carbocycles. The monoisotopic (exact) mass is 215 g/mol. The molecule has 0 aliphatic heterocycles. The number of hydrogen-bond donors (Lipinski definition) is 3. The summed E-state index contributed by atoms with van der Waals surface area (Å²) in [5.74, 6) is -2.80. The lowest BCUT2D eigenvalue weighted by molar-refractivity contribution is -0.135. The van der Waals surface area contributed by atoms with Crippen molar-refractivity contribution in [2.45, 2.75) is 19.8 Å².